The maximum atomic E-state index is 14.1. The minimum absolute atomic E-state index is 0.0319. The molecule has 2 aliphatic rings. The molecule has 39 heavy (non-hydrogen) atoms. The number of nitrogens with zero attached hydrogens (tertiary/aromatic N) is 3. The number of rotatable bonds is 8. The van der Waals surface area contributed by atoms with E-state index < -0.39 is 20.1 Å². The summed E-state index contributed by atoms with van der Waals surface area (Å²) in [6.45, 7) is 11.5. The third-order valence-electron chi connectivity index (χ3n) is 7.35. The van der Waals surface area contributed by atoms with Crippen LogP contribution in [0.3, 0.4) is 0 Å². The third kappa shape index (κ3) is 6.26. The van der Waals surface area contributed by atoms with Gasteiger partial charge in [0.1, 0.15) is 24.6 Å². The number of nitrogens with one attached hydrogen (secondary N) is 1. The fourth-order valence-electron chi connectivity index (χ4n) is 5.30. The number of halogens is 3. The Morgan fingerprint density at radius 3 is 2.67 bits per heavy atom. The first-order valence-corrected chi connectivity index (χ1v) is 17.2. The largest absolute Gasteiger partial charge is 0.491 e. The van der Waals surface area contributed by atoms with Crippen LogP contribution in [0.5, 0.6) is 5.75 Å². The third-order valence-corrected chi connectivity index (χ3v) is 9.05. The predicted octanol–water partition coefficient (Wildman–Crippen LogP) is 6.00. The van der Waals surface area contributed by atoms with Crippen molar-refractivity contribution >= 4 is 24.8 Å². The van der Waals surface area contributed by atoms with E-state index in [0.29, 0.717) is 31.0 Å². The van der Waals surface area contributed by atoms with Crippen molar-refractivity contribution < 1.29 is 27.4 Å². The van der Waals surface area contributed by atoms with Crippen molar-refractivity contribution in [2.75, 3.05) is 38.2 Å². The predicted molar refractivity (Wildman–Crippen MR) is 148 cm³/mol. The van der Waals surface area contributed by atoms with E-state index in [1.165, 1.54) is 0 Å². The van der Waals surface area contributed by atoms with Crippen LogP contribution in [0.25, 0.3) is 11.0 Å². The lowest BCUT2D eigenvalue weighted by molar-refractivity contribution is -0.149. The van der Waals surface area contributed by atoms with Gasteiger partial charge in [0.15, 0.2) is 0 Å². The monoisotopic (exact) mass is 562 g/mol. The quantitative estimate of drug-likeness (QED) is 0.268. The number of ether oxygens (including phenoxy) is 3. The summed E-state index contributed by atoms with van der Waals surface area (Å²) in [5, 5.41) is 3.58. The van der Waals surface area contributed by atoms with Gasteiger partial charge in [-0.2, -0.15) is 13.2 Å². The SMILES string of the molecule is C[C@@H]1CN([C@H]2COc3ccccc3[C@@H]2Nc2cccc3c2nc(C(F)(F)F)n3COCC[Si](C)(C)C)CCO1. The van der Waals surface area contributed by atoms with Crippen LogP contribution in [0.2, 0.25) is 25.7 Å². The van der Waals surface area contributed by atoms with Crippen LogP contribution in [0.4, 0.5) is 18.9 Å². The highest BCUT2D eigenvalue weighted by Gasteiger charge is 2.40. The highest BCUT2D eigenvalue weighted by Crippen LogP contribution is 2.39. The van der Waals surface area contributed by atoms with Gasteiger partial charge in [-0.25, -0.2) is 4.98 Å². The zero-order valence-corrected chi connectivity index (χ0v) is 23.9. The van der Waals surface area contributed by atoms with Gasteiger partial charge in [0, 0.05) is 33.3 Å². The van der Waals surface area contributed by atoms with E-state index in [4.69, 9.17) is 14.2 Å². The van der Waals surface area contributed by atoms with E-state index in [9.17, 15) is 13.2 Å². The Hall–Kier alpha value is -2.60. The lowest BCUT2D eigenvalue weighted by Gasteiger charge is -2.44. The average Bonchev–Trinajstić information content (AvgIpc) is 3.26. The van der Waals surface area contributed by atoms with Crippen LogP contribution in [-0.2, 0) is 22.4 Å². The van der Waals surface area contributed by atoms with Crippen molar-refractivity contribution in [1.82, 2.24) is 14.5 Å². The van der Waals surface area contributed by atoms with E-state index in [-0.39, 0.29) is 30.4 Å². The van der Waals surface area contributed by atoms with Crippen molar-refractivity contribution in [2.24, 2.45) is 0 Å². The molecule has 1 N–H and O–H groups in total. The first kappa shape index (κ1) is 27.9. The van der Waals surface area contributed by atoms with Gasteiger partial charge in [-0.15, -0.1) is 0 Å². The Balaban J connectivity index is 1.50. The van der Waals surface area contributed by atoms with Crippen molar-refractivity contribution in [3.63, 3.8) is 0 Å². The maximum Gasteiger partial charge on any atom is 0.449 e. The molecule has 0 aliphatic carbocycles. The van der Waals surface area contributed by atoms with Gasteiger partial charge in [0.2, 0.25) is 5.82 Å². The van der Waals surface area contributed by atoms with Crippen LogP contribution in [0.15, 0.2) is 42.5 Å². The summed E-state index contributed by atoms with van der Waals surface area (Å²) < 4.78 is 61.1. The summed E-state index contributed by atoms with van der Waals surface area (Å²) in [5.74, 6) is -0.178. The molecule has 3 atom stereocenters. The molecular formula is C28H37F3N4O3Si. The Morgan fingerprint density at radius 1 is 1.13 bits per heavy atom. The molecule has 3 aromatic rings. The Labute approximate surface area is 228 Å². The average molecular weight is 563 g/mol. The molecule has 0 amide bonds. The first-order valence-electron chi connectivity index (χ1n) is 13.5. The number of benzene rings is 2. The molecule has 0 bridgehead atoms. The molecule has 5 rings (SSSR count). The van der Waals surface area contributed by atoms with Crippen molar-refractivity contribution in [3.05, 3.63) is 53.9 Å². The van der Waals surface area contributed by atoms with Gasteiger partial charge < -0.3 is 19.5 Å². The standard InChI is InChI=1S/C28H37F3N4O3Si/c1-19-16-34(12-13-37-19)23-17-38-24-11-6-5-8-20(24)25(23)32-21-9-7-10-22-26(21)33-27(28(29,30)31)35(22)18-36-14-15-39(2,3)4/h5-11,19,23,25,32H,12-18H2,1-4H3/t19-,23+,25+/m1/s1. The zero-order valence-electron chi connectivity index (χ0n) is 22.9. The van der Waals surface area contributed by atoms with Gasteiger partial charge in [-0.3, -0.25) is 9.47 Å². The summed E-state index contributed by atoms with van der Waals surface area (Å²) in [6, 6.07) is 13.7. The van der Waals surface area contributed by atoms with Crippen molar-refractivity contribution in [2.45, 2.75) is 63.7 Å². The molecule has 0 radical (unpaired) electrons. The topological polar surface area (TPSA) is 60.8 Å². The Kier molecular flexibility index (Phi) is 7.96. The number of morpholine rings is 1. The smallest absolute Gasteiger partial charge is 0.449 e. The van der Waals surface area contributed by atoms with Crippen LogP contribution in [0.1, 0.15) is 24.4 Å². The number of imidazole rings is 1. The van der Waals surface area contributed by atoms with E-state index >= 15 is 0 Å². The minimum Gasteiger partial charge on any atom is -0.491 e. The normalized spacial score (nSPS) is 22.5. The minimum atomic E-state index is -4.61. The van der Waals surface area contributed by atoms with E-state index in [0.717, 1.165) is 35.0 Å². The fourth-order valence-corrected chi connectivity index (χ4v) is 6.05. The summed E-state index contributed by atoms with van der Waals surface area (Å²) in [7, 11) is -1.38. The molecule has 0 unspecified atom stereocenters. The molecule has 1 aromatic heterocycles. The number of aromatic nitrogens is 2. The van der Waals surface area contributed by atoms with E-state index in [1.54, 1.807) is 18.2 Å². The second-order valence-electron chi connectivity index (χ2n) is 11.6. The Bertz CT molecular complexity index is 1290. The highest BCUT2D eigenvalue weighted by atomic mass is 28.3. The van der Waals surface area contributed by atoms with Crippen LogP contribution in [-0.4, -0.2) is 67.6 Å². The van der Waals surface area contributed by atoms with Crippen LogP contribution < -0.4 is 10.1 Å². The van der Waals surface area contributed by atoms with Gasteiger partial charge >= 0.3 is 6.18 Å². The molecule has 0 spiro atoms. The van der Waals surface area contributed by atoms with Crippen molar-refractivity contribution in [1.29, 1.82) is 0 Å². The zero-order chi connectivity index (χ0) is 27.8. The molecule has 1 fully saturated rings. The summed E-state index contributed by atoms with van der Waals surface area (Å²) >= 11 is 0. The Morgan fingerprint density at radius 2 is 1.92 bits per heavy atom. The second kappa shape index (κ2) is 11.1. The van der Waals surface area contributed by atoms with Gasteiger partial charge in [-0.1, -0.05) is 43.9 Å². The van der Waals surface area contributed by atoms with E-state index in [2.05, 4.69) is 34.8 Å². The molecule has 212 valence electrons. The molecule has 11 heteroatoms. The van der Waals surface area contributed by atoms with E-state index in [1.807, 2.05) is 31.2 Å². The molecule has 2 aliphatic heterocycles. The molecule has 0 saturated carbocycles. The lowest BCUT2D eigenvalue weighted by Crippen LogP contribution is -2.54. The van der Waals surface area contributed by atoms with Gasteiger partial charge in [-0.05, 0) is 31.2 Å². The molecular weight excluding hydrogens is 525 g/mol. The summed E-state index contributed by atoms with van der Waals surface area (Å²) in [4.78, 5) is 6.46. The molecule has 7 nitrogen and oxygen atoms in total. The molecule has 3 heterocycles. The van der Waals surface area contributed by atoms with Gasteiger partial charge in [0.25, 0.3) is 0 Å². The first-order chi connectivity index (χ1) is 18.5. The number of alkyl halides is 3. The van der Waals surface area contributed by atoms with Gasteiger partial charge in [0.05, 0.1) is 36.0 Å². The summed E-state index contributed by atoms with van der Waals surface area (Å²) in [5.41, 5.74) is 2.18. The number of anilines is 1. The highest BCUT2D eigenvalue weighted by molar-refractivity contribution is 6.76. The molecule has 2 aromatic carbocycles. The summed E-state index contributed by atoms with van der Waals surface area (Å²) in [6.07, 6.45) is -4.53. The van der Waals surface area contributed by atoms with Crippen LogP contribution in [0, 0.1) is 0 Å². The maximum absolute atomic E-state index is 14.1. The van der Waals surface area contributed by atoms with Crippen LogP contribution >= 0.6 is 0 Å². The number of fused-ring (bicyclic) bond motifs is 2. The number of hydrogen-bond acceptors (Lipinski definition) is 6. The fraction of sp³-hybridized carbons (Fsp3) is 0.536. The number of para-hydroxylation sites is 2. The lowest BCUT2D eigenvalue weighted by atomic mass is 9.94. The molecule has 1 saturated heterocycles. The van der Waals surface area contributed by atoms with Crippen molar-refractivity contribution in [3.8, 4) is 5.75 Å². The number of hydrogen-bond donors (Lipinski definition) is 1. The second-order valence-corrected chi connectivity index (χ2v) is 17.2.